The minimum absolute atomic E-state index is 0.180. The van der Waals surface area contributed by atoms with Gasteiger partial charge in [0, 0.05) is 18.3 Å². The van der Waals surface area contributed by atoms with E-state index in [-0.39, 0.29) is 11.2 Å². The minimum atomic E-state index is -0.228. The molecule has 1 atom stereocenters. The number of rotatable bonds is 3. The first-order valence-corrected chi connectivity index (χ1v) is 6.31. The summed E-state index contributed by atoms with van der Waals surface area (Å²) in [4.78, 5) is 4.33. The lowest BCUT2D eigenvalue weighted by Crippen LogP contribution is -2.00. The molecule has 18 heavy (non-hydrogen) atoms. The van der Waals surface area contributed by atoms with Crippen LogP contribution in [0.1, 0.15) is 27.8 Å². The molecule has 3 heteroatoms. The van der Waals surface area contributed by atoms with Crippen molar-refractivity contribution in [3.63, 3.8) is 0 Å². The van der Waals surface area contributed by atoms with E-state index in [4.69, 9.17) is 11.6 Å². The second-order valence-corrected chi connectivity index (χ2v) is 5.03. The Kier molecular flexibility index (Phi) is 3.97. The Hall–Kier alpha value is -1.41. The fraction of sp³-hybridized carbons (Fsp3) is 0.267. The number of benzene rings is 1. The van der Waals surface area contributed by atoms with Gasteiger partial charge in [-0.15, -0.1) is 11.6 Å². The third kappa shape index (κ3) is 3.08. The summed E-state index contributed by atoms with van der Waals surface area (Å²) in [6.45, 7) is 3.87. The van der Waals surface area contributed by atoms with Crippen molar-refractivity contribution in [1.29, 1.82) is 0 Å². The van der Waals surface area contributed by atoms with Crippen molar-refractivity contribution in [1.82, 2.24) is 4.98 Å². The van der Waals surface area contributed by atoms with Crippen LogP contribution in [0.2, 0.25) is 0 Å². The minimum Gasteiger partial charge on any atom is -0.261 e. The van der Waals surface area contributed by atoms with Crippen LogP contribution < -0.4 is 0 Å². The molecule has 0 fully saturated rings. The van der Waals surface area contributed by atoms with Crippen LogP contribution >= 0.6 is 11.6 Å². The largest absolute Gasteiger partial charge is 0.261 e. The van der Waals surface area contributed by atoms with Gasteiger partial charge in [0.05, 0.1) is 5.38 Å². The van der Waals surface area contributed by atoms with Crippen LogP contribution in [-0.2, 0) is 6.42 Å². The maximum atomic E-state index is 13.0. The van der Waals surface area contributed by atoms with E-state index in [2.05, 4.69) is 4.98 Å². The first-order chi connectivity index (χ1) is 8.56. The summed E-state index contributed by atoms with van der Waals surface area (Å²) in [5.41, 5.74) is 3.91. The molecule has 0 amide bonds. The van der Waals surface area contributed by atoms with E-state index in [1.807, 2.05) is 32.2 Å². The summed E-state index contributed by atoms with van der Waals surface area (Å²) in [6, 6.07) is 8.69. The Labute approximate surface area is 112 Å². The Bertz CT molecular complexity index is 537. The van der Waals surface area contributed by atoms with Gasteiger partial charge in [-0.05, 0) is 48.7 Å². The van der Waals surface area contributed by atoms with E-state index in [1.165, 1.54) is 12.1 Å². The first-order valence-electron chi connectivity index (χ1n) is 5.88. The molecule has 0 saturated heterocycles. The Balaban J connectivity index is 2.16. The van der Waals surface area contributed by atoms with Gasteiger partial charge in [-0.1, -0.05) is 12.1 Å². The zero-order valence-electron chi connectivity index (χ0n) is 10.5. The van der Waals surface area contributed by atoms with Gasteiger partial charge >= 0.3 is 0 Å². The molecule has 1 nitrogen and oxygen atoms in total. The van der Waals surface area contributed by atoms with Crippen molar-refractivity contribution in [2.45, 2.75) is 25.6 Å². The number of hydrogen-bond acceptors (Lipinski definition) is 1. The van der Waals surface area contributed by atoms with Crippen molar-refractivity contribution < 1.29 is 4.39 Å². The average molecular weight is 264 g/mol. The predicted octanol–water partition coefficient (Wildman–Crippen LogP) is 4.36. The highest BCUT2D eigenvalue weighted by Crippen LogP contribution is 2.27. The highest BCUT2D eigenvalue weighted by molar-refractivity contribution is 6.21. The standard InChI is InChI=1S/C15H15ClFN/c1-10-3-5-13(18-9-10)8-15(16)14-6-4-12(17)7-11(14)2/h3-7,9,15H,8H2,1-2H3. The van der Waals surface area contributed by atoms with Gasteiger partial charge in [0.1, 0.15) is 5.82 Å². The van der Waals surface area contributed by atoms with E-state index < -0.39 is 0 Å². The molecular formula is C15H15ClFN. The first kappa shape index (κ1) is 13.0. The van der Waals surface area contributed by atoms with Gasteiger partial charge in [-0.2, -0.15) is 0 Å². The second-order valence-electron chi connectivity index (χ2n) is 4.50. The number of aryl methyl sites for hydroxylation is 2. The van der Waals surface area contributed by atoms with Crippen molar-refractivity contribution in [2.24, 2.45) is 0 Å². The van der Waals surface area contributed by atoms with Gasteiger partial charge in [0.15, 0.2) is 0 Å². The van der Waals surface area contributed by atoms with Gasteiger partial charge in [-0.3, -0.25) is 4.98 Å². The molecule has 0 saturated carbocycles. The summed E-state index contributed by atoms with van der Waals surface area (Å²) < 4.78 is 13.0. The quantitative estimate of drug-likeness (QED) is 0.750. The third-order valence-electron chi connectivity index (χ3n) is 2.93. The number of halogens is 2. The zero-order valence-corrected chi connectivity index (χ0v) is 11.2. The lowest BCUT2D eigenvalue weighted by Gasteiger charge is -2.12. The van der Waals surface area contributed by atoms with Crippen LogP contribution in [0.3, 0.4) is 0 Å². The maximum absolute atomic E-state index is 13.0. The average Bonchev–Trinajstić information content (AvgIpc) is 2.32. The Morgan fingerprint density at radius 3 is 2.61 bits per heavy atom. The van der Waals surface area contributed by atoms with Crippen molar-refractivity contribution in [2.75, 3.05) is 0 Å². The number of nitrogens with zero attached hydrogens (tertiary/aromatic N) is 1. The van der Waals surface area contributed by atoms with Crippen LogP contribution in [0.5, 0.6) is 0 Å². The van der Waals surface area contributed by atoms with Crippen LogP contribution in [-0.4, -0.2) is 4.98 Å². The van der Waals surface area contributed by atoms with Crippen molar-refractivity contribution >= 4 is 11.6 Å². The lowest BCUT2D eigenvalue weighted by molar-refractivity contribution is 0.625. The lowest BCUT2D eigenvalue weighted by atomic mass is 10.0. The Morgan fingerprint density at radius 1 is 1.22 bits per heavy atom. The molecule has 1 aromatic heterocycles. The maximum Gasteiger partial charge on any atom is 0.123 e. The molecule has 0 aliphatic heterocycles. The molecule has 1 aromatic carbocycles. The van der Waals surface area contributed by atoms with Crippen LogP contribution in [0.4, 0.5) is 4.39 Å². The van der Waals surface area contributed by atoms with E-state index in [9.17, 15) is 4.39 Å². The fourth-order valence-electron chi connectivity index (χ4n) is 1.90. The van der Waals surface area contributed by atoms with E-state index >= 15 is 0 Å². The summed E-state index contributed by atoms with van der Waals surface area (Å²) in [7, 11) is 0. The van der Waals surface area contributed by atoms with E-state index in [1.54, 1.807) is 6.07 Å². The highest BCUT2D eigenvalue weighted by atomic mass is 35.5. The van der Waals surface area contributed by atoms with Crippen molar-refractivity contribution in [3.05, 3.63) is 64.7 Å². The van der Waals surface area contributed by atoms with Gasteiger partial charge in [0.25, 0.3) is 0 Å². The van der Waals surface area contributed by atoms with Crippen LogP contribution in [0.15, 0.2) is 36.5 Å². The topological polar surface area (TPSA) is 12.9 Å². The van der Waals surface area contributed by atoms with Crippen molar-refractivity contribution in [3.8, 4) is 0 Å². The number of aromatic nitrogens is 1. The normalized spacial score (nSPS) is 12.4. The van der Waals surface area contributed by atoms with Gasteiger partial charge in [-0.25, -0.2) is 4.39 Å². The summed E-state index contributed by atoms with van der Waals surface area (Å²) in [5, 5.41) is -0.180. The molecule has 2 rings (SSSR count). The highest BCUT2D eigenvalue weighted by Gasteiger charge is 2.12. The molecule has 0 aliphatic carbocycles. The molecule has 0 spiro atoms. The SMILES string of the molecule is Cc1ccc(CC(Cl)c2ccc(F)cc2C)nc1. The monoisotopic (exact) mass is 263 g/mol. The molecule has 1 heterocycles. The van der Waals surface area contributed by atoms with Gasteiger partial charge < -0.3 is 0 Å². The molecule has 0 aliphatic rings. The smallest absolute Gasteiger partial charge is 0.123 e. The fourth-order valence-corrected chi connectivity index (χ4v) is 2.31. The predicted molar refractivity (Wildman–Crippen MR) is 72.4 cm³/mol. The van der Waals surface area contributed by atoms with Gasteiger partial charge in [0.2, 0.25) is 0 Å². The molecular weight excluding hydrogens is 249 g/mol. The van der Waals surface area contributed by atoms with E-state index in [0.29, 0.717) is 6.42 Å². The summed E-state index contributed by atoms with van der Waals surface area (Å²) in [6.07, 6.45) is 2.48. The third-order valence-corrected chi connectivity index (χ3v) is 3.32. The molecule has 0 N–H and O–H groups in total. The molecule has 1 unspecified atom stereocenters. The Morgan fingerprint density at radius 2 is 2.00 bits per heavy atom. The molecule has 94 valence electrons. The van der Waals surface area contributed by atoms with E-state index in [0.717, 1.165) is 22.4 Å². The molecule has 2 aromatic rings. The number of alkyl halides is 1. The van der Waals surface area contributed by atoms with Crippen LogP contribution in [0.25, 0.3) is 0 Å². The zero-order chi connectivity index (χ0) is 13.1. The molecule has 0 bridgehead atoms. The summed E-state index contributed by atoms with van der Waals surface area (Å²) >= 11 is 6.38. The second kappa shape index (κ2) is 5.49. The number of pyridine rings is 1. The van der Waals surface area contributed by atoms with Crippen LogP contribution in [0, 0.1) is 19.7 Å². The summed E-state index contributed by atoms with van der Waals surface area (Å²) in [5.74, 6) is -0.228. The molecule has 0 radical (unpaired) electrons. The number of hydrogen-bond donors (Lipinski definition) is 0.